The molecular formula is C15H18N2O4. The Balaban J connectivity index is 2.20. The van der Waals surface area contributed by atoms with E-state index in [1.165, 1.54) is 25.1 Å². The summed E-state index contributed by atoms with van der Waals surface area (Å²) in [6, 6.07) is 3.99. The number of ketones is 1. The van der Waals surface area contributed by atoms with Gasteiger partial charge in [-0.1, -0.05) is 19.3 Å². The molecule has 21 heavy (non-hydrogen) atoms. The van der Waals surface area contributed by atoms with Gasteiger partial charge in [0.25, 0.3) is 5.69 Å². The molecule has 1 aromatic rings. The average molecular weight is 290 g/mol. The minimum absolute atomic E-state index is 0.0428. The normalized spacial score (nSPS) is 15.5. The molecule has 6 heteroatoms. The Labute approximate surface area is 122 Å². The Morgan fingerprint density at radius 3 is 2.43 bits per heavy atom. The van der Waals surface area contributed by atoms with Crippen LogP contribution in [0.4, 0.5) is 11.4 Å². The summed E-state index contributed by atoms with van der Waals surface area (Å²) in [4.78, 5) is 33.9. The second kappa shape index (κ2) is 6.47. The van der Waals surface area contributed by atoms with Crippen LogP contribution in [0.15, 0.2) is 18.2 Å². The van der Waals surface area contributed by atoms with Gasteiger partial charge in [-0.3, -0.25) is 19.7 Å². The molecule has 0 spiro atoms. The van der Waals surface area contributed by atoms with Crippen LogP contribution in [0.5, 0.6) is 0 Å². The van der Waals surface area contributed by atoms with Gasteiger partial charge in [0.05, 0.1) is 4.92 Å². The monoisotopic (exact) mass is 290 g/mol. The van der Waals surface area contributed by atoms with Crippen LogP contribution < -0.4 is 5.32 Å². The third-order valence-electron chi connectivity index (χ3n) is 3.78. The van der Waals surface area contributed by atoms with Crippen LogP contribution in [0.2, 0.25) is 0 Å². The number of benzene rings is 1. The van der Waals surface area contributed by atoms with Crippen LogP contribution in [0.25, 0.3) is 0 Å². The Morgan fingerprint density at radius 2 is 1.86 bits per heavy atom. The number of nitrogens with one attached hydrogen (secondary N) is 1. The number of rotatable bonds is 4. The highest BCUT2D eigenvalue weighted by Gasteiger charge is 2.22. The number of anilines is 1. The van der Waals surface area contributed by atoms with Crippen LogP contribution in [-0.2, 0) is 4.79 Å². The summed E-state index contributed by atoms with van der Waals surface area (Å²) in [6.45, 7) is 1.34. The first-order valence-electron chi connectivity index (χ1n) is 7.08. The maximum Gasteiger partial charge on any atom is 0.272 e. The van der Waals surface area contributed by atoms with Gasteiger partial charge in [-0.2, -0.15) is 0 Å². The van der Waals surface area contributed by atoms with Gasteiger partial charge in [0.2, 0.25) is 5.91 Å². The first-order chi connectivity index (χ1) is 9.97. The molecule has 0 bridgehead atoms. The molecule has 1 saturated carbocycles. The Kier molecular flexibility index (Phi) is 4.67. The number of carbonyl (C=O) groups excluding carboxylic acids is 2. The molecule has 1 aliphatic carbocycles. The van der Waals surface area contributed by atoms with Crippen molar-refractivity contribution in [2.75, 3.05) is 5.32 Å². The average Bonchev–Trinajstić information content (AvgIpc) is 2.47. The molecule has 0 radical (unpaired) electrons. The third-order valence-corrected chi connectivity index (χ3v) is 3.78. The van der Waals surface area contributed by atoms with Crippen molar-refractivity contribution in [2.45, 2.75) is 39.0 Å². The molecule has 0 heterocycles. The topological polar surface area (TPSA) is 89.3 Å². The molecule has 2 rings (SSSR count). The van der Waals surface area contributed by atoms with E-state index >= 15 is 0 Å². The molecule has 6 nitrogen and oxygen atoms in total. The highest BCUT2D eigenvalue weighted by Crippen LogP contribution is 2.26. The number of hydrogen-bond acceptors (Lipinski definition) is 4. The van der Waals surface area contributed by atoms with Gasteiger partial charge in [-0.15, -0.1) is 0 Å². The summed E-state index contributed by atoms with van der Waals surface area (Å²) in [5, 5.41) is 13.6. The van der Waals surface area contributed by atoms with E-state index in [2.05, 4.69) is 5.32 Å². The van der Waals surface area contributed by atoms with Gasteiger partial charge in [-0.05, 0) is 25.8 Å². The predicted molar refractivity (Wildman–Crippen MR) is 78.3 cm³/mol. The van der Waals surface area contributed by atoms with Gasteiger partial charge in [0, 0.05) is 29.3 Å². The molecule has 1 N–H and O–H groups in total. The Morgan fingerprint density at radius 1 is 1.19 bits per heavy atom. The van der Waals surface area contributed by atoms with Gasteiger partial charge in [-0.25, -0.2) is 0 Å². The minimum atomic E-state index is -0.567. The molecule has 0 unspecified atom stereocenters. The van der Waals surface area contributed by atoms with Crippen LogP contribution in [0.1, 0.15) is 49.4 Å². The van der Waals surface area contributed by atoms with Crippen LogP contribution in [-0.4, -0.2) is 16.6 Å². The molecule has 0 aliphatic heterocycles. The molecular weight excluding hydrogens is 272 g/mol. The maximum atomic E-state index is 12.2. The number of non-ortho nitro benzene ring substituents is 1. The number of nitro benzene ring substituents is 1. The molecule has 1 amide bonds. The highest BCUT2D eigenvalue weighted by molar-refractivity contribution is 5.98. The number of hydrogen-bond donors (Lipinski definition) is 1. The molecule has 112 valence electrons. The van der Waals surface area contributed by atoms with Crippen molar-refractivity contribution in [1.29, 1.82) is 0 Å². The van der Waals surface area contributed by atoms with E-state index in [1.807, 2.05) is 0 Å². The van der Waals surface area contributed by atoms with Gasteiger partial charge >= 0.3 is 0 Å². The zero-order valence-electron chi connectivity index (χ0n) is 11.9. The summed E-state index contributed by atoms with van der Waals surface area (Å²) < 4.78 is 0. The summed E-state index contributed by atoms with van der Waals surface area (Å²) in [5.74, 6) is -0.435. The van der Waals surface area contributed by atoms with E-state index in [-0.39, 0.29) is 28.9 Å². The van der Waals surface area contributed by atoms with E-state index in [4.69, 9.17) is 0 Å². The quantitative estimate of drug-likeness (QED) is 0.523. The van der Waals surface area contributed by atoms with Crippen molar-refractivity contribution in [1.82, 2.24) is 0 Å². The van der Waals surface area contributed by atoms with Gasteiger partial charge < -0.3 is 5.32 Å². The standard InChI is InChI=1S/C15H18N2O4/c1-10(18)12-7-13(9-14(8-12)17(20)21)16-15(19)11-5-3-2-4-6-11/h7-9,11H,2-6H2,1H3,(H,16,19). The van der Waals surface area contributed by atoms with E-state index in [1.54, 1.807) is 0 Å². The Bertz CT molecular complexity index is 545. The fourth-order valence-corrected chi connectivity index (χ4v) is 2.60. The fraction of sp³-hybridized carbons (Fsp3) is 0.467. The lowest BCUT2D eigenvalue weighted by Crippen LogP contribution is -2.24. The van der Waals surface area contributed by atoms with Crippen LogP contribution >= 0.6 is 0 Å². The highest BCUT2D eigenvalue weighted by atomic mass is 16.6. The number of nitrogens with zero attached hydrogens (tertiary/aromatic N) is 1. The van der Waals surface area contributed by atoms with Gasteiger partial charge in [0.1, 0.15) is 0 Å². The van der Waals surface area contributed by atoms with Crippen molar-refractivity contribution < 1.29 is 14.5 Å². The van der Waals surface area contributed by atoms with Crippen LogP contribution in [0.3, 0.4) is 0 Å². The van der Waals surface area contributed by atoms with E-state index in [9.17, 15) is 19.7 Å². The zero-order chi connectivity index (χ0) is 15.4. The Hall–Kier alpha value is -2.24. The molecule has 1 aromatic carbocycles. The predicted octanol–water partition coefficient (Wildman–Crippen LogP) is 3.32. The van der Waals surface area contributed by atoms with Crippen molar-refractivity contribution >= 4 is 23.1 Å². The number of carbonyl (C=O) groups is 2. The third kappa shape index (κ3) is 3.87. The largest absolute Gasteiger partial charge is 0.326 e. The zero-order valence-corrected chi connectivity index (χ0v) is 11.9. The van der Waals surface area contributed by atoms with Crippen molar-refractivity contribution in [3.05, 3.63) is 33.9 Å². The van der Waals surface area contributed by atoms with Crippen molar-refractivity contribution in [2.24, 2.45) is 5.92 Å². The first kappa shape index (κ1) is 15.2. The number of nitro groups is 1. The summed E-state index contributed by atoms with van der Waals surface area (Å²) in [6.07, 6.45) is 4.91. The molecule has 1 fully saturated rings. The summed E-state index contributed by atoms with van der Waals surface area (Å²) in [5.41, 5.74) is 0.342. The second-order valence-electron chi connectivity index (χ2n) is 5.41. The summed E-state index contributed by atoms with van der Waals surface area (Å²) in [7, 11) is 0. The second-order valence-corrected chi connectivity index (χ2v) is 5.41. The van der Waals surface area contributed by atoms with E-state index < -0.39 is 4.92 Å². The van der Waals surface area contributed by atoms with Crippen molar-refractivity contribution in [3.8, 4) is 0 Å². The lowest BCUT2D eigenvalue weighted by atomic mass is 9.88. The fourth-order valence-electron chi connectivity index (χ4n) is 2.60. The first-order valence-corrected chi connectivity index (χ1v) is 7.08. The van der Waals surface area contributed by atoms with Crippen molar-refractivity contribution in [3.63, 3.8) is 0 Å². The molecule has 0 saturated heterocycles. The SMILES string of the molecule is CC(=O)c1cc(NC(=O)C2CCCCC2)cc([N+](=O)[O-])c1. The lowest BCUT2D eigenvalue weighted by Gasteiger charge is -2.20. The molecule has 1 aliphatic rings. The van der Waals surface area contributed by atoms with Crippen LogP contribution in [0, 0.1) is 16.0 Å². The summed E-state index contributed by atoms with van der Waals surface area (Å²) >= 11 is 0. The van der Waals surface area contributed by atoms with E-state index in [0.29, 0.717) is 5.69 Å². The van der Waals surface area contributed by atoms with E-state index in [0.717, 1.165) is 32.1 Å². The van der Waals surface area contributed by atoms with Gasteiger partial charge in [0.15, 0.2) is 5.78 Å². The molecule has 0 aromatic heterocycles. The minimum Gasteiger partial charge on any atom is -0.326 e. The lowest BCUT2D eigenvalue weighted by molar-refractivity contribution is -0.384. The number of Topliss-reactive ketones (excluding diaryl/α,β-unsaturated/α-hetero) is 1. The molecule has 0 atom stereocenters. The smallest absolute Gasteiger partial charge is 0.272 e. The maximum absolute atomic E-state index is 12.2. The number of amides is 1.